The van der Waals surface area contributed by atoms with Crippen molar-refractivity contribution in [3.8, 4) is 11.5 Å². The fourth-order valence-corrected chi connectivity index (χ4v) is 5.36. The fourth-order valence-electron chi connectivity index (χ4n) is 4.71. The molecule has 4 rings (SSSR count). The van der Waals surface area contributed by atoms with Gasteiger partial charge in [-0.3, -0.25) is 33.7 Å². The quantitative estimate of drug-likeness (QED) is 0.102. The van der Waals surface area contributed by atoms with Crippen LogP contribution in [0.3, 0.4) is 0 Å². The Balaban J connectivity index is 1.45. The third kappa shape index (κ3) is 9.31. The minimum atomic E-state index is -3.70. The van der Waals surface area contributed by atoms with Gasteiger partial charge in [-0.1, -0.05) is 0 Å². The van der Waals surface area contributed by atoms with Crippen LogP contribution in [0.2, 0.25) is 0 Å². The van der Waals surface area contributed by atoms with Crippen LogP contribution < -0.4 is 9.47 Å². The highest BCUT2D eigenvalue weighted by Gasteiger charge is 2.44. The lowest BCUT2D eigenvalue weighted by atomic mass is 10.1. The molecule has 2 amide bonds. The van der Waals surface area contributed by atoms with Crippen LogP contribution in [0.1, 0.15) is 72.1 Å². The number of carbonyl (C=O) groups excluding carboxylic acids is 8. The van der Waals surface area contributed by atoms with Gasteiger partial charge in [-0.15, -0.1) is 0 Å². The molecule has 0 saturated carbocycles. The average molecular weight is 708 g/mol. The van der Waals surface area contributed by atoms with Gasteiger partial charge in [-0.2, -0.15) is 0 Å². The Kier molecular flexibility index (Phi) is 11.4. The molecule has 3 aromatic rings. The lowest BCUT2D eigenvalue weighted by Gasteiger charge is -2.24. The number of hydrogen-bond acceptors (Lipinski definition) is 14. The molecule has 0 unspecified atom stereocenters. The summed E-state index contributed by atoms with van der Waals surface area (Å²) in [5.74, 6) is -6.87. The van der Waals surface area contributed by atoms with E-state index >= 15 is 0 Å². The molecule has 0 fully saturated rings. The summed E-state index contributed by atoms with van der Waals surface area (Å²) < 4.78 is 43.9. The Morgan fingerprint density at radius 2 is 1.12 bits per heavy atom. The van der Waals surface area contributed by atoms with E-state index in [1.807, 2.05) is 0 Å². The van der Waals surface area contributed by atoms with Crippen molar-refractivity contribution in [1.82, 2.24) is 4.90 Å². The van der Waals surface area contributed by atoms with Gasteiger partial charge in [0.05, 0.1) is 22.4 Å². The summed E-state index contributed by atoms with van der Waals surface area (Å²) in [4.78, 5) is 101. The maximum Gasteiger partial charge on any atom is 0.338 e. The van der Waals surface area contributed by atoms with Crippen molar-refractivity contribution in [1.29, 1.82) is 0 Å². The summed E-state index contributed by atoms with van der Waals surface area (Å²) in [5.41, 5.74) is -0.453. The molecule has 0 N–H and O–H groups in total. The number of ketones is 2. The zero-order chi connectivity index (χ0) is 36.7. The van der Waals surface area contributed by atoms with E-state index in [2.05, 4.69) is 0 Å². The molecule has 1 heterocycles. The second-order valence-electron chi connectivity index (χ2n) is 10.9. The highest BCUT2D eigenvalue weighted by atomic mass is 32.2. The highest BCUT2D eigenvalue weighted by Crippen LogP contribution is 2.28. The maximum absolute atomic E-state index is 13.5. The minimum Gasteiger partial charge on any atom is -0.456 e. The SMILES string of the molecule is CC(=O)Oc1ccc(C(=O)COC(=O)c2ccc3c(c2)C(=O)N([C@H](CCS(C)(=O)=O)C(=O)OCC(=O)c2ccc(OC(C)=O)cc2)C3=O)cc1. The Labute approximate surface area is 285 Å². The molecule has 0 saturated heterocycles. The van der Waals surface area contributed by atoms with Crippen LogP contribution in [0.25, 0.3) is 0 Å². The van der Waals surface area contributed by atoms with E-state index in [9.17, 15) is 46.8 Å². The van der Waals surface area contributed by atoms with E-state index in [4.69, 9.17) is 18.9 Å². The predicted octanol–water partition coefficient (Wildman–Crippen LogP) is 2.40. The molecule has 0 spiro atoms. The lowest BCUT2D eigenvalue weighted by Crippen LogP contribution is -2.46. The Bertz CT molecular complexity index is 2000. The summed E-state index contributed by atoms with van der Waals surface area (Å²) in [7, 11) is -3.70. The number of Topliss-reactive ketones (excluding diaryl/α,β-unsaturated/α-hetero) is 2. The second kappa shape index (κ2) is 15.5. The van der Waals surface area contributed by atoms with Gasteiger partial charge in [0.25, 0.3) is 11.8 Å². The van der Waals surface area contributed by atoms with Gasteiger partial charge in [0.1, 0.15) is 27.4 Å². The molecule has 260 valence electrons. The minimum absolute atomic E-state index is 0.0837. The first kappa shape index (κ1) is 36.8. The van der Waals surface area contributed by atoms with Crippen LogP contribution in [0.5, 0.6) is 11.5 Å². The van der Waals surface area contributed by atoms with Crippen LogP contribution in [0.4, 0.5) is 0 Å². The van der Waals surface area contributed by atoms with E-state index in [0.29, 0.717) is 4.90 Å². The average Bonchev–Trinajstić information content (AvgIpc) is 3.30. The van der Waals surface area contributed by atoms with Crippen molar-refractivity contribution < 1.29 is 65.7 Å². The number of nitrogens with zero attached hydrogens (tertiary/aromatic N) is 1. The first-order valence-electron chi connectivity index (χ1n) is 14.7. The topological polar surface area (TPSA) is 211 Å². The van der Waals surface area contributed by atoms with Gasteiger partial charge in [0, 0.05) is 31.2 Å². The van der Waals surface area contributed by atoms with Crippen molar-refractivity contribution in [3.63, 3.8) is 0 Å². The van der Waals surface area contributed by atoms with Crippen molar-refractivity contribution in [2.24, 2.45) is 0 Å². The predicted molar refractivity (Wildman–Crippen MR) is 170 cm³/mol. The van der Waals surface area contributed by atoms with Gasteiger partial charge >= 0.3 is 23.9 Å². The number of carbonyl (C=O) groups is 8. The molecule has 0 aromatic heterocycles. The van der Waals surface area contributed by atoms with Crippen molar-refractivity contribution >= 4 is 57.1 Å². The molecule has 0 aliphatic carbocycles. The van der Waals surface area contributed by atoms with Gasteiger partial charge in [-0.25, -0.2) is 18.0 Å². The maximum atomic E-state index is 13.5. The number of benzene rings is 3. The molecule has 1 aliphatic rings. The fraction of sp³-hybridized carbons (Fsp3) is 0.235. The third-order valence-corrected chi connectivity index (χ3v) is 8.03. The van der Waals surface area contributed by atoms with Gasteiger partial charge in [-0.05, 0) is 73.2 Å². The number of esters is 4. The lowest BCUT2D eigenvalue weighted by molar-refractivity contribution is -0.147. The third-order valence-electron chi connectivity index (χ3n) is 7.06. The molecule has 0 radical (unpaired) electrons. The van der Waals surface area contributed by atoms with Crippen LogP contribution in [-0.2, 0) is 33.7 Å². The number of hydrogen-bond donors (Lipinski definition) is 0. The monoisotopic (exact) mass is 707 g/mol. The first-order valence-corrected chi connectivity index (χ1v) is 16.8. The number of fused-ring (bicyclic) bond motifs is 1. The molecule has 1 aliphatic heterocycles. The first-order chi connectivity index (χ1) is 23.5. The Morgan fingerprint density at radius 3 is 1.60 bits per heavy atom. The zero-order valence-electron chi connectivity index (χ0n) is 26.8. The standard InChI is InChI=1S/C34H29NO14S/c1-19(36)48-24-9-4-21(5-10-24)29(38)17-46-33(42)23-8-13-26-27(16-23)32(41)35(31(26)40)28(14-15-50(3,44)45)34(43)47-18-30(39)22-6-11-25(12-7-22)49-20(2)37/h4-13,16,28H,14-15,17-18H2,1-3H3/t28-/m1/s1. The molecular formula is C34H29NO14S. The smallest absolute Gasteiger partial charge is 0.338 e. The molecule has 16 heteroatoms. The molecule has 15 nitrogen and oxygen atoms in total. The number of amides is 2. The van der Waals surface area contributed by atoms with Crippen molar-refractivity contribution in [2.45, 2.75) is 26.3 Å². The van der Waals surface area contributed by atoms with E-state index < -0.39 is 88.5 Å². The normalized spacial score (nSPS) is 12.8. The number of sulfone groups is 1. The summed E-state index contributed by atoms with van der Waals surface area (Å²) in [6.07, 6.45) is 0.342. The molecule has 0 bridgehead atoms. The van der Waals surface area contributed by atoms with Crippen molar-refractivity contribution in [2.75, 3.05) is 25.2 Å². The van der Waals surface area contributed by atoms with Gasteiger partial charge in [0.15, 0.2) is 24.8 Å². The van der Waals surface area contributed by atoms with Gasteiger partial charge in [0.2, 0.25) is 0 Å². The largest absolute Gasteiger partial charge is 0.456 e. The summed E-state index contributed by atoms with van der Waals surface area (Å²) in [6.45, 7) is 0.906. The van der Waals surface area contributed by atoms with Crippen molar-refractivity contribution in [3.05, 3.63) is 94.5 Å². The van der Waals surface area contributed by atoms with Crippen LogP contribution in [-0.4, -0.2) is 91.8 Å². The highest BCUT2D eigenvalue weighted by molar-refractivity contribution is 7.90. The zero-order valence-corrected chi connectivity index (χ0v) is 27.6. The van der Waals surface area contributed by atoms with Crippen LogP contribution in [0, 0.1) is 0 Å². The summed E-state index contributed by atoms with van der Waals surface area (Å²) in [5, 5.41) is 0. The van der Waals surface area contributed by atoms with Crippen LogP contribution >= 0.6 is 0 Å². The number of ether oxygens (including phenoxy) is 4. The number of rotatable bonds is 14. The molecule has 1 atom stereocenters. The Hall–Kier alpha value is -6.03. The Morgan fingerprint density at radius 1 is 0.660 bits per heavy atom. The van der Waals surface area contributed by atoms with E-state index in [1.54, 1.807) is 0 Å². The second-order valence-corrected chi connectivity index (χ2v) is 13.2. The van der Waals surface area contributed by atoms with Crippen LogP contribution in [0.15, 0.2) is 66.7 Å². The van der Waals surface area contributed by atoms with Gasteiger partial charge < -0.3 is 18.9 Å². The summed E-state index contributed by atoms with van der Waals surface area (Å²) in [6, 6.07) is 12.4. The number of imide groups is 1. The molecule has 50 heavy (non-hydrogen) atoms. The summed E-state index contributed by atoms with van der Waals surface area (Å²) >= 11 is 0. The van der Waals surface area contributed by atoms with E-state index in [1.165, 1.54) is 68.4 Å². The molecular weight excluding hydrogens is 678 g/mol. The molecule has 3 aromatic carbocycles. The van der Waals surface area contributed by atoms with E-state index in [-0.39, 0.29) is 39.3 Å². The van der Waals surface area contributed by atoms with E-state index in [0.717, 1.165) is 18.4 Å².